The minimum atomic E-state index is -0.0643. The van der Waals surface area contributed by atoms with Gasteiger partial charge in [-0.15, -0.1) is 0 Å². The maximum absolute atomic E-state index is 5.85. The summed E-state index contributed by atoms with van der Waals surface area (Å²) in [4.78, 5) is 3.02. The molecule has 1 rings (SSSR count). The van der Waals surface area contributed by atoms with E-state index in [1.807, 2.05) is 26.2 Å². The van der Waals surface area contributed by atoms with E-state index in [1.54, 1.807) is 0 Å². The molecule has 0 atom stereocenters. The first-order valence-electron chi connectivity index (χ1n) is 4.69. The molecule has 0 saturated carbocycles. The molecule has 74 valence electrons. The molecular formula is C10H19N3. The third-order valence-corrected chi connectivity index (χ3v) is 1.94. The van der Waals surface area contributed by atoms with Crippen molar-refractivity contribution in [1.82, 2.24) is 10.3 Å². The first-order valence-corrected chi connectivity index (χ1v) is 4.69. The molecule has 0 aliphatic carbocycles. The van der Waals surface area contributed by atoms with Gasteiger partial charge in [0.1, 0.15) is 0 Å². The van der Waals surface area contributed by atoms with Crippen molar-refractivity contribution in [3.63, 3.8) is 0 Å². The third-order valence-electron chi connectivity index (χ3n) is 1.94. The van der Waals surface area contributed by atoms with E-state index >= 15 is 0 Å². The van der Waals surface area contributed by atoms with Gasteiger partial charge in [-0.05, 0) is 38.4 Å². The summed E-state index contributed by atoms with van der Waals surface area (Å²) in [5, 5.41) is 3.34. The maximum Gasteiger partial charge on any atom is 0.0220 e. The van der Waals surface area contributed by atoms with Gasteiger partial charge in [0.2, 0.25) is 0 Å². The maximum atomic E-state index is 5.85. The molecule has 4 N–H and O–H groups in total. The Labute approximate surface area is 79.7 Å². The lowest BCUT2D eigenvalue weighted by molar-refractivity contribution is 0.455. The summed E-state index contributed by atoms with van der Waals surface area (Å²) in [6, 6.07) is 2.07. The Morgan fingerprint density at radius 1 is 1.54 bits per heavy atom. The van der Waals surface area contributed by atoms with Crippen LogP contribution in [0, 0.1) is 0 Å². The van der Waals surface area contributed by atoms with Gasteiger partial charge in [0, 0.05) is 24.5 Å². The van der Waals surface area contributed by atoms with Crippen LogP contribution in [0.4, 0.5) is 0 Å². The van der Waals surface area contributed by atoms with Crippen molar-refractivity contribution in [3.05, 3.63) is 24.0 Å². The average Bonchev–Trinajstić information content (AvgIpc) is 2.48. The minimum absolute atomic E-state index is 0.0643. The van der Waals surface area contributed by atoms with Gasteiger partial charge in [-0.3, -0.25) is 0 Å². The second kappa shape index (κ2) is 4.44. The zero-order valence-corrected chi connectivity index (χ0v) is 8.43. The number of nitrogens with one attached hydrogen (secondary N) is 2. The van der Waals surface area contributed by atoms with E-state index in [9.17, 15) is 0 Å². The molecule has 0 saturated heterocycles. The number of rotatable bonds is 5. The highest BCUT2D eigenvalue weighted by Gasteiger charge is 2.08. The number of aromatic nitrogens is 1. The van der Waals surface area contributed by atoms with Gasteiger partial charge in [-0.2, -0.15) is 0 Å². The molecule has 3 nitrogen and oxygen atoms in total. The summed E-state index contributed by atoms with van der Waals surface area (Å²) in [5.74, 6) is 0. The van der Waals surface area contributed by atoms with Crippen molar-refractivity contribution in [2.75, 3.05) is 6.54 Å². The van der Waals surface area contributed by atoms with Crippen LogP contribution < -0.4 is 11.1 Å². The lowest BCUT2D eigenvalue weighted by Gasteiger charge is -2.18. The Morgan fingerprint density at radius 3 is 2.85 bits per heavy atom. The van der Waals surface area contributed by atoms with Crippen LogP contribution in [0.15, 0.2) is 18.5 Å². The van der Waals surface area contributed by atoms with Crippen molar-refractivity contribution in [2.45, 2.75) is 32.4 Å². The van der Waals surface area contributed by atoms with Crippen molar-refractivity contribution < 1.29 is 0 Å². The predicted molar refractivity (Wildman–Crippen MR) is 55.4 cm³/mol. The van der Waals surface area contributed by atoms with Crippen molar-refractivity contribution in [1.29, 1.82) is 0 Å². The topological polar surface area (TPSA) is 53.8 Å². The Kier molecular flexibility index (Phi) is 3.51. The lowest BCUT2D eigenvalue weighted by Crippen LogP contribution is -2.35. The molecule has 1 aromatic heterocycles. The molecule has 0 aromatic carbocycles. The smallest absolute Gasteiger partial charge is 0.0220 e. The summed E-state index contributed by atoms with van der Waals surface area (Å²) < 4.78 is 0. The molecule has 0 unspecified atom stereocenters. The van der Waals surface area contributed by atoms with Gasteiger partial charge < -0.3 is 16.0 Å². The van der Waals surface area contributed by atoms with Crippen LogP contribution in [0.25, 0.3) is 0 Å². The number of aromatic amines is 1. The normalized spacial score (nSPS) is 11.9. The average molecular weight is 181 g/mol. The van der Waals surface area contributed by atoms with E-state index in [0.717, 1.165) is 19.5 Å². The summed E-state index contributed by atoms with van der Waals surface area (Å²) in [6.45, 7) is 5.98. The highest BCUT2D eigenvalue weighted by atomic mass is 14.9. The fourth-order valence-electron chi connectivity index (χ4n) is 1.11. The molecule has 0 bridgehead atoms. The molecule has 13 heavy (non-hydrogen) atoms. The van der Waals surface area contributed by atoms with Gasteiger partial charge in [0.25, 0.3) is 0 Å². The second-order valence-corrected chi connectivity index (χ2v) is 4.13. The van der Waals surface area contributed by atoms with Crippen LogP contribution in [0.5, 0.6) is 0 Å². The largest absolute Gasteiger partial charge is 0.367 e. The predicted octanol–water partition coefficient (Wildman–Crippen LogP) is 1.23. The highest BCUT2D eigenvalue weighted by Crippen LogP contribution is 2.02. The monoisotopic (exact) mass is 181 g/mol. The number of hydrogen-bond acceptors (Lipinski definition) is 2. The van der Waals surface area contributed by atoms with Crippen LogP contribution in [0.2, 0.25) is 0 Å². The van der Waals surface area contributed by atoms with Crippen LogP contribution in [0.1, 0.15) is 25.8 Å². The molecule has 0 aliphatic heterocycles. The highest BCUT2D eigenvalue weighted by molar-refractivity contribution is 5.07. The van der Waals surface area contributed by atoms with Gasteiger partial charge in [-0.1, -0.05) is 0 Å². The van der Waals surface area contributed by atoms with Crippen molar-refractivity contribution in [2.24, 2.45) is 5.73 Å². The molecule has 0 spiro atoms. The van der Waals surface area contributed by atoms with Crippen molar-refractivity contribution in [3.8, 4) is 0 Å². The van der Waals surface area contributed by atoms with E-state index in [2.05, 4.69) is 16.4 Å². The van der Waals surface area contributed by atoms with Crippen LogP contribution >= 0.6 is 0 Å². The van der Waals surface area contributed by atoms with Crippen LogP contribution in [0.3, 0.4) is 0 Å². The Balaban J connectivity index is 2.09. The number of H-pyrrole nitrogens is 1. The van der Waals surface area contributed by atoms with Gasteiger partial charge in [0.05, 0.1) is 0 Å². The summed E-state index contributed by atoms with van der Waals surface area (Å²) in [6.07, 6.45) is 4.93. The van der Waals surface area contributed by atoms with Gasteiger partial charge >= 0.3 is 0 Å². The summed E-state index contributed by atoms with van der Waals surface area (Å²) in [7, 11) is 0. The molecule has 0 amide bonds. The molecule has 1 heterocycles. The Bertz CT molecular complexity index is 221. The van der Waals surface area contributed by atoms with Crippen LogP contribution in [-0.4, -0.2) is 17.1 Å². The van der Waals surface area contributed by atoms with E-state index in [0.29, 0.717) is 0 Å². The Morgan fingerprint density at radius 2 is 2.31 bits per heavy atom. The molecule has 0 radical (unpaired) electrons. The summed E-state index contributed by atoms with van der Waals surface area (Å²) >= 11 is 0. The van der Waals surface area contributed by atoms with E-state index < -0.39 is 0 Å². The first kappa shape index (κ1) is 10.3. The van der Waals surface area contributed by atoms with Gasteiger partial charge in [0.15, 0.2) is 0 Å². The molecular weight excluding hydrogens is 162 g/mol. The van der Waals surface area contributed by atoms with E-state index in [4.69, 9.17) is 5.73 Å². The SMILES string of the molecule is CC(C)(N)CCNCc1cc[nH]c1. The zero-order chi connectivity index (χ0) is 9.73. The fourth-order valence-corrected chi connectivity index (χ4v) is 1.11. The lowest BCUT2D eigenvalue weighted by atomic mass is 10.0. The van der Waals surface area contributed by atoms with Crippen molar-refractivity contribution >= 4 is 0 Å². The molecule has 1 aromatic rings. The van der Waals surface area contributed by atoms with Gasteiger partial charge in [-0.25, -0.2) is 0 Å². The zero-order valence-electron chi connectivity index (χ0n) is 8.43. The summed E-state index contributed by atoms with van der Waals surface area (Å²) in [5.41, 5.74) is 7.07. The standard InChI is InChI=1S/C10H19N3/c1-10(2,11)4-6-13-8-9-3-5-12-7-9/h3,5,7,12-13H,4,6,8,11H2,1-2H3. The number of nitrogens with two attached hydrogens (primary N) is 1. The van der Waals surface area contributed by atoms with E-state index in [1.165, 1.54) is 5.56 Å². The van der Waals surface area contributed by atoms with E-state index in [-0.39, 0.29) is 5.54 Å². The fraction of sp³-hybridized carbons (Fsp3) is 0.600. The second-order valence-electron chi connectivity index (χ2n) is 4.13. The molecule has 0 fully saturated rings. The Hall–Kier alpha value is -0.800. The van der Waals surface area contributed by atoms with Crippen LogP contribution in [-0.2, 0) is 6.54 Å². The molecule has 3 heteroatoms. The quantitative estimate of drug-likeness (QED) is 0.598. The third kappa shape index (κ3) is 4.70. The minimum Gasteiger partial charge on any atom is -0.367 e. The molecule has 0 aliphatic rings. The first-order chi connectivity index (χ1) is 6.08. The number of hydrogen-bond donors (Lipinski definition) is 3.